The molecule has 0 radical (unpaired) electrons. The molecule has 3 rings (SSSR count). The maximum Gasteiger partial charge on any atom is 0.356 e. The standard InChI is InChI=1S/C16H13NO2/c18-16-11-14(13-7-3-1-4-8-13)12-17(19-16)15-9-5-2-6-10-15/h1-11H,12H2. The SMILES string of the molecule is O=C1C=C(c2ccccc2)CN(c2ccccc2)O1. The Balaban J connectivity index is 1.90. The molecule has 0 N–H and O–H groups in total. The van der Waals surface area contributed by atoms with E-state index in [1.807, 2.05) is 60.7 Å². The van der Waals surface area contributed by atoms with Crippen LogP contribution in [0.3, 0.4) is 0 Å². The fourth-order valence-electron chi connectivity index (χ4n) is 2.07. The second-order valence-corrected chi connectivity index (χ2v) is 4.32. The summed E-state index contributed by atoms with van der Waals surface area (Å²) in [6.45, 7) is 0.555. The average Bonchev–Trinajstić information content (AvgIpc) is 2.48. The van der Waals surface area contributed by atoms with Crippen LogP contribution in [0.25, 0.3) is 5.57 Å². The zero-order valence-corrected chi connectivity index (χ0v) is 10.3. The normalized spacial score (nSPS) is 14.8. The van der Waals surface area contributed by atoms with Crippen molar-refractivity contribution in [1.29, 1.82) is 0 Å². The number of hydrogen-bond donors (Lipinski definition) is 0. The quantitative estimate of drug-likeness (QED) is 0.821. The maximum absolute atomic E-state index is 11.7. The van der Waals surface area contributed by atoms with Crippen molar-refractivity contribution in [1.82, 2.24) is 0 Å². The number of nitrogens with zero attached hydrogens (tertiary/aromatic N) is 1. The second kappa shape index (κ2) is 4.98. The molecule has 0 fully saturated rings. The molecular formula is C16H13NO2. The largest absolute Gasteiger partial charge is 0.356 e. The Hall–Kier alpha value is -2.55. The van der Waals surface area contributed by atoms with Crippen LogP contribution < -0.4 is 5.06 Å². The van der Waals surface area contributed by atoms with Gasteiger partial charge in [0.1, 0.15) is 0 Å². The van der Waals surface area contributed by atoms with Gasteiger partial charge in [-0.05, 0) is 23.3 Å². The summed E-state index contributed by atoms with van der Waals surface area (Å²) in [7, 11) is 0. The molecule has 1 aliphatic rings. The van der Waals surface area contributed by atoms with E-state index in [9.17, 15) is 4.79 Å². The third kappa shape index (κ3) is 2.50. The number of carbonyl (C=O) groups is 1. The molecule has 0 unspecified atom stereocenters. The molecule has 0 saturated carbocycles. The molecule has 3 heteroatoms. The summed E-state index contributed by atoms with van der Waals surface area (Å²) in [6.07, 6.45) is 1.55. The first kappa shape index (κ1) is 11.5. The van der Waals surface area contributed by atoms with E-state index < -0.39 is 0 Å². The molecule has 0 amide bonds. The van der Waals surface area contributed by atoms with E-state index in [4.69, 9.17) is 4.84 Å². The Morgan fingerprint density at radius 1 is 0.895 bits per heavy atom. The van der Waals surface area contributed by atoms with Gasteiger partial charge in [0, 0.05) is 6.08 Å². The molecule has 3 nitrogen and oxygen atoms in total. The van der Waals surface area contributed by atoms with E-state index >= 15 is 0 Å². The molecule has 19 heavy (non-hydrogen) atoms. The molecular weight excluding hydrogens is 238 g/mol. The van der Waals surface area contributed by atoms with E-state index in [1.54, 1.807) is 11.1 Å². The Labute approximate surface area is 111 Å². The number of anilines is 1. The van der Waals surface area contributed by atoms with Gasteiger partial charge in [-0.25, -0.2) is 9.86 Å². The van der Waals surface area contributed by atoms with Crippen LogP contribution in [0.15, 0.2) is 66.7 Å². The summed E-state index contributed by atoms with van der Waals surface area (Å²) in [5.74, 6) is -0.339. The fourth-order valence-corrected chi connectivity index (χ4v) is 2.07. The number of benzene rings is 2. The van der Waals surface area contributed by atoms with Crippen molar-refractivity contribution in [2.24, 2.45) is 0 Å². The first-order valence-electron chi connectivity index (χ1n) is 6.13. The molecule has 0 bridgehead atoms. The van der Waals surface area contributed by atoms with Crippen LogP contribution in [0.2, 0.25) is 0 Å². The number of rotatable bonds is 2. The first-order valence-corrected chi connectivity index (χ1v) is 6.13. The summed E-state index contributed by atoms with van der Waals surface area (Å²) >= 11 is 0. The third-order valence-electron chi connectivity index (χ3n) is 2.99. The topological polar surface area (TPSA) is 29.5 Å². The zero-order chi connectivity index (χ0) is 13.1. The van der Waals surface area contributed by atoms with Crippen molar-refractivity contribution in [3.05, 3.63) is 72.3 Å². The highest BCUT2D eigenvalue weighted by Gasteiger charge is 2.20. The molecule has 0 aromatic heterocycles. The van der Waals surface area contributed by atoms with Crippen molar-refractivity contribution in [3.8, 4) is 0 Å². The molecule has 2 aromatic carbocycles. The Morgan fingerprint density at radius 2 is 1.53 bits per heavy atom. The van der Waals surface area contributed by atoms with Crippen molar-refractivity contribution in [3.63, 3.8) is 0 Å². The summed E-state index contributed by atoms with van der Waals surface area (Å²) in [5.41, 5.74) is 2.87. The number of hydrogen-bond acceptors (Lipinski definition) is 3. The minimum absolute atomic E-state index is 0.339. The van der Waals surface area contributed by atoms with E-state index in [1.165, 1.54) is 0 Å². The Kier molecular flexibility index (Phi) is 3.02. The lowest BCUT2D eigenvalue weighted by molar-refractivity contribution is -0.139. The van der Waals surface area contributed by atoms with Gasteiger partial charge >= 0.3 is 5.97 Å². The number of carbonyl (C=O) groups excluding carboxylic acids is 1. The maximum atomic E-state index is 11.7. The molecule has 0 spiro atoms. The highest BCUT2D eigenvalue weighted by molar-refractivity contribution is 5.94. The van der Waals surface area contributed by atoms with Gasteiger partial charge in [0.2, 0.25) is 0 Å². The Bertz CT molecular complexity index is 605. The van der Waals surface area contributed by atoms with E-state index in [2.05, 4.69) is 0 Å². The monoisotopic (exact) mass is 251 g/mol. The molecule has 0 aliphatic carbocycles. The van der Waals surface area contributed by atoms with Gasteiger partial charge in [0.15, 0.2) is 0 Å². The smallest absolute Gasteiger partial charge is 0.336 e. The first-order chi connectivity index (χ1) is 9.33. The van der Waals surface area contributed by atoms with Crippen LogP contribution in [0, 0.1) is 0 Å². The highest BCUT2D eigenvalue weighted by Crippen LogP contribution is 2.24. The van der Waals surface area contributed by atoms with Crippen molar-refractivity contribution in [2.75, 3.05) is 11.6 Å². The number of hydroxylamine groups is 1. The minimum atomic E-state index is -0.339. The van der Waals surface area contributed by atoms with Crippen molar-refractivity contribution < 1.29 is 9.63 Å². The highest BCUT2D eigenvalue weighted by atomic mass is 16.7. The molecule has 0 atom stereocenters. The summed E-state index contributed by atoms with van der Waals surface area (Å²) in [6, 6.07) is 19.5. The van der Waals surface area contributed by atoms with E-state index in [0.717, 1.165) is 16.8 Å². The predicted molar refractivity (Wildman–Crippen MR) is 74.3 cm³/mol. The molecule has 1 aliphatic heterocycles. The van der Waals surface area contributed by atoms with Crippen LogP contribution in [0.4, 0.5) is 5.69 Å². The lowest BCUT2D eigenvalue weighted by atomic mass is 10.0. The fraction of sp³-hybridized carbons (Fsp3) is 0.0625. The van der Waals surface area contributed by atoms with Gasteiger partial charge < -0.3 is 4.84 Å². The van der Waals surface area contributed by atoms with Gasteiger partial charge in [-0.15, -0.1) is 0 Å². The molecule has 1 heterocycles. The van der Waals surface area contributed by atoms with Crippen molar-refractivity contribution in [2.45, 2.75) is 0 Å². The van der Waals surface area contributed by atoms with Crippen LogP contribution in [-0.4, -0.2) is 12.5 Å². The lowest BCUT2D eigenvalue weighted by Gasteiger charge is -2.27. The Morgan fingerprint density at radius 3 is 2.21 bits per heavy atom. The van der Waals surface area contributed by atoms with Gasteiger partial charge in [0.25, 0.3) is 0 Å². The summed E-state index contributed by atoms with van der Waals surface area (Å²) in [4.78, 5) is 16.9. The lowest BCUT2D eigenvalue weighted by Crippen LogP contribution is -2.32. The predicted octanol–water partition coefficient (Wildman–Crippen LogP) is 3.05. The zero-order valence-electron chi connectivity index (χ0n) is 10.3. The van der Waals surface area contributed by atoms with Crippen LogP contribution >= 0.6 is 0 Å². The van der Waals surface area contributed by atoms with Gasteiger partial charge in [-0.2, -0.15) is 0 Å². The van der Waals surface area contributed by atoms with Crippen LogP contribution in [0.5, 0.6) is 0 Å². The van der Waals surface area contributed by atoms with Crippen LogP contribution in [-0.2, 0) is 9.63 Å². The molecule has 0 saturated heterocycles. The van der Waals surface area contributed by atoms with Crippen molar-refractivity contribution >= 4 is 17.2 Å². The van der Waals surface area contributed by atoms with Gasteiger partial charge in [-0.1, -0.05) is 48.5 Å². The summed E-state index contributed by atoms with van der Waals surface area (Å²) in [5, 5.41) is 1.62. The van der Waals surface area contributed by atoms with E-state index in [-0.39, 0.29) is 5.97 Å². The summed E-state index contributed by atoms with van der Waals surface area (Å²) < 4.78 is 0. The average molecular weight is 251 g/mol. The van der Waals surface area contributed by atoms with Gasteiger partial charge in [-0.3, -0.25) is 0 Å². The molecule has 2 aromatic rings. The third-order valence-corrected chi connectivity index (χ3v) is 2.99. The molecule has 94 valence electrons. The van der Waals surface area contributed by atoms with E-state index in [0.29, 0.717) is 6.54 Å². The van der Waals surface area contributed by atoms with Crippen LogP contribution in [0.1, 0.15) is 5.56 Å². The van der Waals surface area contributed by atoms with Gasteiger partial charge in [0.05, 0.1) is 12.2 Å². The second-order valence-electron chi connectivity index (χ2n) is 4.32. The minimum Gasteiger partial charge on any atom is -0.336 e. The number of para-hydroxylation sites is 1.